The van der Waals surface area contributed by atoms with Crippen LogP contribution in [-0.4, -0.2) is 43.8 Å². The van der Waals surface area contributed by atoms with Crippen molar-refractivity contribution in [1.82, 2.24) is 10.2 Å². The van der Waals surface area contributed by atoms with E-state index in [1.54, 1.807) is 0 Å². The lowest BCUT2D eigenvalue weighted by Gasteiger charge is -2.35. The molecule has 1 unspecified atom stereocenters. The van der Waals surface area contributed by atoms with Crippen molar-refractivity contribution >= 4 is 0 Å². The van der Waals surface area contributed by atoms with Crippen LogP contribution >= 0.6 is 0 Å². The van der Waals surface area contributed by atoms with Crippen molar-refractivity contribution in [2.24, 2.45) is 0 Å². The summed E-state index contributed by atoms with van der Waals surface area (Å²) in [4.78, 5) is 2.20. The predicted octanol–water partition coefficient (Wildman–Crippen LogP) is 2.40. The Morgan fingerprint density at radius 1 is 1.31 bits per heavy atom. The molecule has 1 aliphatic rings. The highest BCUT2D eigenvalue weighted by molar-refractivity contribution is 4.78. The monoisotopic (exact) mass is 238 g/mol. The van der Waals surface area contributed by atoms with E-state index in [2.05, 4.69) is 10.2 Å². The van der Waals surface area contributed by atoms with Crippen LogP contribution < -0.4 is 5.32 Å². The van der Waals surface area contributed by atoms with Crippen LogP contribution in [-0.2, 0) is 0 Å². The lowest BCUT2D eigenvalue weighted by atomic mass is 10.0. The molecule has 2 nitrogen and oxygen atoms in total. The maximum Gasteiger partial charge on any atom is 0.389 e. The van der Waals surface area contributed by atoms with Gasteiger partial charge >= 0.3 is 6.18 Å². The van der Waals surface area contributed by atoms with E-state index in [4.69, 9.17) is 0 Å². The Kier molecular flexibility index (Phi) is 5.55. The van der Waals surface area contributed by atoms with Gasteiger partial charge in [-0.25, -0.2) is 0 Å². The van der Waals surface area contributed by atoms with Crippen LogP contribution in [0.3, 0.4) is 0 Å². The first-order valence-corrected chi connectivity index (χ1v) is 5.98. The number of alkyl halides is 3. The number of nitrogens with one attached hydrogen (secondary N) is 1. The zero-order valence-electron chi connectivity index (χ0n) is 9.82. The number of likely N-dealkylation sites (tertiary alicyclic amines) is 1. The first kappa shape index (κ1) is 13.8. The number of nitrogens with zero attached hydrogens (tertiary/aromatic N) is 1. The van der Waals surface area contributed by atoms with Crippen molar-refractivity contribution in [2.45, 2.75) is 44.3 Å². The Morgan fingerprint density at radius 2 is 2.06 bits per heavy atom. The second-order valence-electron chi connectivity index (χ2n) is 4.46. The number of halogens is 3. The molecule has 0 aromatic heterocycles. The molecule has 5 heteroatoms. The minimum atomic E-state index is -4.01. The Bertz CT molecular complexity index is 192. The van der Waals surface area contributed by atoms with Gasteiger partial charge in [-0.05, 0) is 39.4 Å². The zero-order valence-corrected chi connectivity index (χ0v) is 9.82. The Balaban J connectivity index is 2.27. The fourth-order valence-corrected chi connectivity index (χ4v) is 2.30. The van der Waals surface area contributed by atoms with E-state index < -0.39 is 12.6 Å². The molecule has 0 bridgehead atoms. The van der Waals surface area contributed by atoms with Gasteiger partial charge < -0.3 is 5.32 Å². The van der Waals surface area contributed by atoms with Gasteiger partial charge in [0, 0.05) is 19.0 Å². The van der Waals surface area contributed by atoms with E-state index >= 15 is 0 Å². The van der Waals surface area contributed by atoms with Crippen molar-refractivity contribution in [3.63, 3.8) is 0 Å². The average Bonchev–Trinajstić information content (AvgIpc) is 2.19. The van der Waals surface area contributed by atoms with Gasteiger partial charge in [-0.15, -0.1) is 0 Å². The highest BCUT2D eigenvalue weighted by Gasteiger charge is 2.28. The van der Waals surface area contributed by atoms with E-state index in [0.717, 1.165) is 25.9 Å². The third-order valence-corrected chi connectivity index (χ3v) is 3.09. The molecule has 1 N–H and O–H groups in total. The summed E-state index contributed by atoms with van der Waals surface area (Å²) < 4.78 is 36.1. The number of hydrogen-bond acceptors (Lipinski definition) is 2. The normalized spacial score (nSPS) is 23.6. The highest BCUT2D eigenvalue weighted by atomic mass is 19.4. The topological polar surface area (TPSA) is 15.3 Å². The zero-order chi connectivity index (χ0) is 12.0. The molecule has 1 heterocycles. The second-order valence-corrected chi connectivity index (χ2v) is 4.46. The highest BCUT2D eigenvalue weighted by Crippen LogP contribution is 2.23. The number of piperidine rings is 1. The summed E-state index contributed by atoms with van der Waals surface area (Å²) >= 11 is 0. The summed E-state index contributed by atoms with van der Waals surface area (Å²) in [5.74, 6) is 0. The lowest BCUT2D eigenvalue weighted by Crippen LogP contribution is -2.45. The summed E-state index contributed by atoms with van der Waals surface area (Å²) in [6, 6.07) is 0.423. The molecule has 0 amide bonds. The first-order valence-electron chi connectivity index (χ1n) is 5.98. The van der Waals surface area contributed by atoms with Gasteiger partial charge in [0.25, 0.3) is 0 Å². The first-order chi connectivity index (χ1) is 7.53. The third-order valence-electron chi connectivity index (χ3n) is 3.09. The largest absolute Gasteiger partial charge is 0.389 e. The fourth-order valence-electron chi connectivity index (χ4n) is 2.30. The number of hydrogen-bond donors (Lipinski definition) is 1. The van der Waals surface area contributed by atoms with Crippen LogP contribution in [0.15, 0.2) is 0 Å². The summed E-state index contributed by atoms with van der Waals surface area (Å²) in [7, 11) is 1.89. The summed E-state index contributed by atoms with van der Waals surface area (Å²) in [5, 5.41) is 3.11. The Hall–Kier alpha value is -0.290. The van der Waals surface area contributed by atoms with Crippen LogP contribution in [0.25, 0.3) is 0 Å². The molecule has 0 aromatic rings. The van der Waals surface area contributed by atoms with Crippen molar-refractivity contribution in [3.05, 3.63) is 0 Å². The minimum absolute atomic E-state index is 0.226. The molecule has 0 aromatic carbocycles. The van der Waals surface area contributed by atoms with Crippen LogP contribution in [0, 0.1) is 0 Å². The van der Waals surface area contributed by atoms with E-state index in [-0.39, 0.29) is 6.42 Å². The number of likely N-dealkylation sites (N-methyl/N-ethyl adjacent to an activating group) is 1. The third kappa shape index (κ3) is 5.16. The van der Waals surface area contributed by atoms with Gasteiger partial charge in [-0.2, -0.15) is 13.2 Å². The van der Waals surface area contributed by atoms with E-state index in [9.17, 15) is 13.2 Å². The molecule has 1 saturated heterocycles. The van der Waals surface area contributed by atoms with Crippen LogP contribution in [0.4, 0.5) is 13.2 Å². The summed E-state index contributed by atoms with van der Waals surface area (Å²) in [6.45, 7) is 2.40. The summed E-state index contributed by atoms with van der Waals surface area (Å²) in [5.41, 5.74) is 0. The van der Waals surface area contributed by atoms with E-state index in [0.29, 0.717) is 12.6 Å². The van der Waals surface area contributed by atoms with Crippen molar-refractivity contribution in [3.8, 4) is 0 Å². The van der Waals surface area contributed by atoms with Gasteiger partial charge in [-0.1, -0.05) is 6.42 Å². The molecule has 0 aliphatic carbocycles. The molecule has 0 spiro atoms. The molecule has 1 aliphatic heterocycles. The molecule has 1 atom stereocenters. The fraction of sp³-hybridized carbons (Fsp3) is 1.00. The summed E-state index contributed by atoms with van der Waals surface area (Å²) in [6.07, 6.45) is -1.02. The molecule has 0 saturated carbocycles. The van der Waals surface area contributed by atoms with Crippen molar-refractivity contribution in [1.29, 1.82) is 0 Å². The van der Waals surface area contributed by atoms with Crippen molar-refractivity contribution in [2.75, 3.05) is 26.7 Å². The predicted molar refractivity (Wildman–Crippen MR) is 58.4 cm³/mol. The van der Waals surface area contributed by atoms with Gasteiger partial charge in [0.2, 0.25) is 0 Å². The van der Waals surface area contributed by atoms with Gasteiger partial charge in [-0.3, -0.25) is 4.90 Å². The van der Waals surface area contributed by atoms with Gasteiger partial charge in [0.1, 0.15) is 0 Å². The smallest absolute Gasteiger partial charge is 0.318 e. The standard InChI is InChI=1S/C11H21F3N2/c1-15-9-10-5-2-3-7-16(10)8-4-6-11(12,13)14/h10,15H,2-9H2,1H3. The Morgan fingerprint density at radius 3 is 2.69 bits per heavy atom. The molecule has 1 fully saturated rings. The maximum absolute atomic E-state index is 12.0. The van der Waals surface area contributed by atoms with Crippen LogP contribution in [0.2, 0.25) is 0 Å². The van der Waals surface area contributed by atoms with E-state index in [1.807, 2.05) is 7.05 Å². The molecule has 0 radical (unpaired) electrons. The number of rotatable bonds is 5. The second kappa shape index (κ2) is 6.45. The van der Waals surface area contributed by atoms with E-state index in [1.165, 1.54) is 6.42 Å². The molecular formula is C11H21F3N2. The maximum atomic E-state index is 12.0. The van der Waals surface area contributed by atoms with Crippen molar-refractivity contribution < 1.29 is 13.2 Å². The van der Waals surface area contributed by atoms with Gasteiger partial charge in [0.15, 0.2) is 0 Å². The Labute approximate surface area is 95.2 Å². The molecule has 1 rings (SSSR count). The minimum Gasteiger partial charge on any atom is -0.318 e. The SMILES string of the molecule is CNCC1CCCCN1CCCC(F)(F)F. The van der Waals surface area contributed by atoms with Crippen LogP contribution in [0.5, 0.6) is 0 Å². The lowest BCUT2D eigenvalue weighted by molar-refractivity contribution is -0.136. The molecular weight excluding hydrogens is 217 g/mol. The van der Waals surface area contributed by atoms with Crippen LogP contribution in [0.1, 0.15) is 32.1 Å². The quantitative estimate of drug-likeness (QED) is 0.791. The average molecular weight is 238 g/mol. The molecule has 96 valence electrons. The molecule has 16 heavy (non-hydrogen) atoms. The van der Waals surface area contributed by atoms with Gasteiger partial charge in [0.05, 0.1) is 0 Å².